The topological polar surface area (TPSA) is 93.5 Å². The van der Waals surface area contributed by atoms with Crippen molar-refractivity contribution in [2.45, 2.75) is 32.2 Å². The Morgan fingerprint density at radius 3 is 2.43 bits per heavy atom. The van der Waals surface area contributed by atoms with Crippen LogP contribution in [0.1, 0.15) is 35.5 Å². The van der Waals surface area contributed by atoms with Gasteiger partial charge in [-0.1, -0.05) is 0 Å². The number of benzene rings is 1. The number of nitrogen functional groups attached to an aromatic ring is 1. The molecule has 2 atom stereocenters. The number of hydrogen-bond donors (Lipinski definition) is 1. The van der Waals surface area contributed by atoms with Crippen LogP contribution in [-0.4, -0.2) is 42.9 Å². The normalized spacial score (nSPS) is 19.4. The quantitative estimate of drug-likeness (QED) is 0.763. The molecule has 1 fully saturated rings. The summed E-state index contributed by atoms with van der Waals surface area (Å²) in [5, 5.41) is 9.33. The molecule has 1 aromatic heterocycles. The number of carbonyl (C=O) groups excluding carboxylic acids is 1. The molecule has 0 amide bonds. The lowest BCUT2D eigenvalue weighted by atomic mass is 10.1. The zero-order chi connectivity index (χ0) is 22.2. The van der Waals surface area contributed by atoms with Gasteiger partial charge in [0.25, 0.3) is 0 Å². The van der Waals surface area contributed by atoms with E-state index in [9.17, 15) is 23.2 Å². The van der Waals surface area contributed by atoms with Gasteiger partial charge in [-0.3, -0.25) is 0 Å². The van der Waals surface area contributed by atoms with Crippen LogP contribution in [-0.2, 0) is 15.7 Å². The van der Waals surface area contributed by atoms with Crippen molar-refractivity contribution in [2.75, 3.05) is 30.8 Å². The van der Waals surface area contributed by atoms with Gasteiger partial charge in [-0.2, -0.15) is 18.4 Å². The third kappa shape index (κ3) is 3.93. The highest BCUT2D eigenvalue weighted by atomic mass is 19.4. The second kappa shape index (κ2) is 7.91. The van der Waals surface area contributed by atoms with Crippen LogP contribution in [0.15, 0.2) is 24.4 Å². The Hall–Kier alpha value is -3.19. The molecule has 1 aliphatic rings. The summed E-state index contributed by atoms with van der Waals surface area (Å²) in [4.78, 5) is 14.2. The molecule has 1 saturated heterocycles. The SMILES string of the molecule is COC(=O)c1c(N)c(C#N)cn1-c1cc(C(F)(F)F)ccc1N1CC(C)OC(C)C1. The molecule has 0 spiro atoms. The minimum atomic E-state index is -4.60. The van der Waals surface area contributed by atoms with Crippen LogP contribution in [0, 0.1) is 11.3 Å². The number of halogens is 3. The van der Waals surface area contributed by atoms with Crippen molar-refractivity contribution in [1.82, 2.24) is 4.57 Å². The summed E-state index contributed by atoms with van der Waals surface area (Å²) >= 11 is 0. The van der Waals surface area contributed by atoms with Crippen molar-refractivity contribution in [3.63, 3.8) is 0 Å². The Morgan fingerprint density at radius 2 is 1.90 bits per heavy atom. The molecule has 30 heavy (non-hydrogen) atoms. The maximum Gasteiger partial charge on any atom is 0.416 e. The summed E-state index contributed by atoms with van der Waals surface area (Å²) in [7, 11) is 1.13. The fourth-order valence-corrected chi connectivity index (χ4v) is 3.64. The molecule has 1 aromatic carbocycles. The van der Waals surface area contributed by atoms with E-state index in [0.29, 0.717) is 18.8 Å². The highest BCUT2D eigenvalue weighted by molar-refractivity contribution is 5.96. The van der Waals surface area contributed by atoms with Crippen LogP contribution in [0.25, 0.3) is 5.69 Å². The zero-order valence-electron chi connectivity index (χ0n) is 16.7. The van der Waals surface area contributed by atoms with Gasteiger partial charge in [0.15, 0.2) is 5.69 Å². The van der Waals surface area contributed by atoms with Crippen molar-refractivity contribution < 1.29 is 27.4 Å². The van der Waals surface area contributed by atoms with Gasteiger partial charge in [-0.25, -0.2) is 4.79 Å². The number of esters is 1. The molecule has 7 nitrogen and oxygen atoms in total. The number of anilines is 2. The molecular formula is C20H21F3N4O3. The van der Waals surface area contributed by atoms with Gasteiger partial charge in [0.2, 0.25) is 0 Å². The summed E-state index contributed by atoms with van der Waals surface area (Å²) in [6.45, 7) is 4.62. The fourth-order valence-electron chi connectivity index (χ4n) is 3.64. The second-order valence-corrected chi connectivity index (χ2v) is 7.14. The van der Waals surface area contributed by atoms with E-state index >= 15 is 0 Å². The van der Waals surface area contributed by atoms with Gasteiger partial charge in [-0.15, -0.1) is 0 Å². The van der Waals surface area contributed by atoms with Crippen molar-refractivity contribution in [3.05, 3.63) is 41.2 Å². The average molecular weight is 422 g/mol. The molecule has 0 radical (unpaired) electrons. The average Bonchev–Trinajstić information content (AvgIpc) is 3.01. The summed E-state index contributed by atoms with van der Waals surface area (Å²) in [5.74, 6) is -0.860. The van der Waals surface area contributed by atoms with E-state index < -0.39 is 17.7 Å². The highest BCUT2D eigenvalue weighted by Gasteiger charge is 2.34. The first-order chi connectivity index (χ1) is 14.1. The number of rotatable bonds is 3. The Morgan fingerprint density at radius 1 is 1.27 bits per heavy atom. The van der Waals surface area contributed by atoms with Crippen molar-refractivity contribution in [1.29, 1.82) is 5.26 Å². The number of ether oxygens (including phenoxy) is 2. The lowest BCUT2D eigenvalue weighted by molar-refractivity contribution is -0.137. The molecule has 0 bridgehead atoms. The van der Waals surface area contributed by atoms with E-state index in [2.05, 4.69) is 0 Å². The van der Waals surface area contributed by atoms with E-state index in [1.54, 1.807) is 0 Å². The Labute approximate surface area is 171 Å². The van der Waals surface area contributed by atoms with Crippen LogP contribution in [0.4, 0.5) is 24.5 Å². The number of aromatic nitrogens is 1. The maximum absolute atomic E-state index is 13.4. The first-order valence-electron chi connectivity index (χ1n) is 9.18. The van der Waals surface area contributed by atoms with E-state index in [4.69, 9.17) is 15.2 Å². The first kappa shape index (κ1) is 21.5. The van der Waals surface area contributed by atoms with Crippen LogP contribution in [0.2, 0.25) is 0 Å². The Balaban J connectivity index is 2.27. The second-order valence-electron chi connectivity index (χ2n) is 7.14. The van der Waals surface area contributed by atoms with Crippen LogP contribution in [0.3, 0.4) is 0 Å². The molecule has 0 saturated carbocycles. The standard InChI is InChI=1S/C20H21F3N4O3/c1-11-8-26(9-12(2)30-11)15-5-4-14(20(21,22)23)6-16(15)27-10-13(7-24)17(25)18(27)19(28)29-3/h4-6,10-12H,8-9,25H2,1-3H3. The highest BCUT2D eigenvalue weighted by Crippen LogP contribution is 2.37. The molecule has 1 aliphatic heterocycles. The van der Waals surface area contributed by atoms with E-state index in [-0.39, 0.29) is 34.8 Å². The first-order valence-corrected chi connectivity index (χ1v) is 9.18. The number of carbonyl (C=O) groups is 1. The molecular weight excluding hydrogens is 401 g/mol. The molecule has 160 valence electrons. The lowest BCUT2D eigenvalue weighted by Gasteiger charge is -2.38. The molecule has 2 N–H and O–H groups in total. The molecule has 2 aromatic rings. The monoisotopic (exact) mass is 422 g/mol. The van der Waals surface area contributed by atoms with E-state index in [1.807, 2.05) is 24.8 Å². The van der Waals surface area contributed by atoms with E-state index in [0.717, 1.165) is 19.2 Å². The van der Waals surface area contributed by atoms with Gasteiger partial charge in [0, 0.05) is 19.3 Å². The van der Waals surface area contributed by atoms with Gasteiger partial charge in [0.1, 0.15) is 6.07 Å². The number of morpholine rings is 1. The maximum atomic E-state index is 13.4. The van der Waals surface area contributed by atoms with Gasteiger partial charge >= 0.3 is 12.1 Å². The van der Waals surface area contributed by atoms with Gasteiger partial charge in [0.05, 0.1) is 47.5 Å². The van der Waals surface area contributed by atoms with E-state index in [1.165, 1.54) is 16.8 Å². The third-order valence-electron chi connectivity index (χ3n) is 4.87. The number of alkyl halides is 3. The minimum absolute atomic E-state index is 0.0394. The van der Waals surface area contributed by atoms with Crippen molar-refractivity contribution >= 4 is 17.3 Å². The Bertz CT molecular complexity index is 1000. The fraction of sp³-hybridized carbons (Fsp3) is 0.400. The van der Waals surface area contributed by atoms with Gasteiger partial charge < -0.3 is 24.7 Å². The lowest BCUT2D eigenvalue weighted by Crippen LogP contribution is -2.45. The van der Waals surface area contributed by atoms with Crippen molar-refractivity contribution in [2.24, 2.45) is 0 Å². The number of hydrogen-bond acceptors (Lipinski definition) is 6. The van der Waals surface area contributed by atoms with Crippen LogP contribution >= 0.6 is 0 Å². The Kier molecular flexibility index (Phi) is 5.67. The third-order valence-corrected chi connectivity index (χ3v) is 4.87. The molecule has 10 heteroatoms. The summed E-state index contributed by atoms with van der Waals surface area (Å²) in [6, 6.07) is 5.13. The molecule has 3 rings (SSSR count). The summed E-state index contributed by atoms with van der Waals surface area (Å²) in [5.41, 5.74) is 5.16. The predicted molar refractivity (Wildman–Crippen MR) is 103 cm³/mol. The van der Waals surface area contributed by atoms with Crippen LogP contribution < -0.4 is 10.6 Å². The number of nitriles is 1. The minimum Gasteiger partial charge on any atom is -0.464 e. The number of methoxy groups -OCH3 is 1. The number of nitrogens with zero attached hydrogens (tertiary/aromatic N) is 3. The molecule has 2 unspecified atom stereocenters. The summed E-state index contributed by atoms with van der Waals surface area (Å²) in [6.07, 6.45) is -3.64. The summed E-state index contributed by atoms with van der Waals surface area (Å²) < 4.78 is 52.0. The smallest absolute Gasteiger partial charge is 0.416 e. The molecule has 2 heterocycles. The zero-order valence-corrected chi connectivity index (χ0v) is 16.7. The van der Waals surface area contributed by atoms with Crippen molar-refractivity contribution in [3.8, 4) is 11.8 Å². The van der Waals surface area contributed by atoms with Crippen LogP contribution in [0.5, 0.6) is 0 Å². The largest absolute Gasteiger partial charge is 0.464 e. The van der Waals surface area contributed by atoms with Gasteiger partial charge in [-0.05, 0) is 32.0 Å². The molecule has 0 aliphatic carbocycles. The predicted octanol–water partition coefficient (Wildman–Crippen LogP) is 3.35. The number of nitrogens with two attached hydrogens (primary N) is 1.